The molecule has 30 heavy (non-hydrogen) atoms. The second kappa shape index (κ2) is 7.10. The normalized spacial score (nSPS) is 15.5. The summed E-state index contributed by atoms with van der Waals surface area (Å²) in [4.78, 5) is 13.2. The summed E-state index contributed by atoms with van der Waals surface area (Å²) in [6.07, 6.45) is 1.65. The van der Waals surface area contributed by atoms with E-state index in [2.05, 4.69) is 12.2 Å². The van der Waals surface area contributed by atoms with Crippen molar-refractivity contribution < 1.29 is 19.0 Å². The third-order valence-electron chi connectivity index (χ3n) is 6.00. The molecule has 5 nitrogen and oxygen atoms in total. The second-order valence-corrected chi connectivity index (χ2v) is 7.83. The lowest BCUT2D eigenvalue weighted by Crippen LogP contribution is -2.27. The third-order valence-corrected chi connectivity index (χ3v) is 6.00. The van der Waals surface area contributed by atoms with E-state index >= 15 is 0 Å². The maximum absolute atomic E-state index is 13.2. The zero-order chi connectivity index (χ0) is 20.7. The lowest BCUT2D eigenvalue weighted by Gasteiger charge is -2.18. The standard InChI is InChI=1S/C25H23NO4/c1-16-7-9-18(14-20(16)19-5-3-4-6-21(19)28-2)26-24(27)25(11-12-25)17-8-10-22-23(13-17)30-15-29-22/h3-10,13-14H,11-12,15H2,1-2H3,(H,26,27). The van der Waals surface area contributed by atoms with Crippen LogP contribution in [0.4, 0.5) is 5.69 Å². The first-order valence-electron chi connectivity index (χ1n) is 10.1. The van der Waals surface area contributed by atoms with Crippen LogP contribution in [0.15, 0.2) is 60.7 Å². The summed E-state index contributed by atoms with van der Waals surface area (Å²) < 4.78 is 16.4. The van der Waals surface area contributed by atoms with Crippen LogP contribution in [0.5, 0.6) is 17.2 Å². The molecule has 5 heteroatoms. The van der Waals surface area contributed by atoms with Crippen molar-refractivity contribution in [2.24, 2.45) is 0 Å². The summed E-state index contributed by atoms with van der Waals surface area (Å²) in [6, 6.07) is 19.7. The van der Waals surface area contributed by atoms with E-state index in [4.69, 9.17) is 14.2 Å². The number of carbonyl (C=O) groups is 1. The van der Waals surface area contributed by atoms with Crippen molar-refractivity contribution in [1.82, 2.24) is 0 Å². The topological polar surface area (TPSA) is 56.8 Å². The Morgan fingerprint density at radius 1 is 0.967 bits per heavy atom. The van der Waals surface area contributed by atoms with Crippen LogP contribution >= 0.6 is 0 Å². The molecule has 0 atom stereocenters. The number of aryl methyl sites for hydroxylation is 1. The quantitative estimate of drug-likeness (QED) is 0.649. The molecule has 1 fully saturated rings. The van der Waals surface area contributed by atoms with Gasteiger partial charge in [-0.3, -0.25) is 4.79 Å². The molecule has 3 aromatic carbocycles. The Hall–Kier alpha value is -3.47. The predicted molar refractivity (Wildman–Crippen MR) is 115 cm³/mol. The average Bonchev–Trinajstić information content (AvgIpc) is 3.46. The predicted octanol–water partition coefficient (Wildman–Crippen LogP) is 5.07. The van der Waals surface area contributed by atoms with Gasteiger partial charge in [0.1, 0.15) is 5.75 Å². The van der Waals surface area contributed by atoms with Crippen LogP contribution in [0.1, 0.15) is 24.0 Å². The molecule has 0 spiro atoms. The highest BCUT2D eigenvalue weighted by molar-refractivity contribution is 6.02. The van der Waals surface area contributed by atoms with E-state index in [1.54, 1.807) is 7.11 Å². The summed E-state index contributed by atoms with van der Waals surface area (Å²) in [5.41, 5.74) is 4.41. The van der Waals surface area contributed by atoms with Gasteiger partial charge in [0.2, 0.25) is 12.7 Å². The molecule has 1 amide bonds. The van der Waals surface area contributed by atoms with Gasteiger partial charge < -0.3 is 19.5 Å². The van der Waals surface area contributed by atoms with Gasteiger partial charge in [0, 0.05) is 11.3 Å². The fraction of sp³-hybridized carbons (Fsp3) is 0.240. The number of hydrogen-bond donors (Lipinski definition) is 1. The van der Waals surface area contributed by atoms with E-state index in [9.17, 15) is 4.79 Å². The van der Waals surface area contributed by atoms with Crippen LogP contribution in [-0.4, -0.2) is 19.8 Å². The van der Waals surface area contributed by atoms with Gasteiger partial charge in [-0.05, 0) is 66.8 Å². The van der Waals surface area contributed by atoms with Gasteiger partial charge in [0.15, 0.2) is 11.5 Å². The van der Waals surface area contributed by atoms with E-state index < -0.39 is 5.41 Å². The fourth-order valence-corrected chi connectivity index (χ4v) is 4.07. The van der Waals surface area contributed by atoms with Crippen LogP contribution in [0.2, 0.25) is 0 Å². The second-order valence-electron chi connectivity index (χ2n) is 7.83. The summed E-state index contributed by atoms with van der Waals surface area (Å²) in [5, 5.41) is 3.13. The number of ether oxygens (including phenoxy) is 3. The van der Waals surface area contributed by atoms with Crippen molar-refractivity contribution in [2.75, 3.05) is 19.2 Å². The van der Waals surface area contributed by atoms with Gasteiger partial charge in [-0.2, -0.15) is 0 Å². The SMILES string of the molecule is COc1ccccc1-c1cc(NC(=O)C2(c3ccc4c(c3)OCO4)CC2)ccc1C. The van der Waals surface area contributed by atoms with Crippen molar-refractivity contribution in [1.29, 1.82) is 0 Å². The lowest BCUT2D eigenvalue weighted by molar-refractivity contribution is -0.118. The zero-order valence-electron chi connectivity index (χ0n) is 17.0. The summed E-state index contributed by atoms with van der Waals surface area (Å²) in [6.45, 7) is 2.29. The number of rotatable bonds is 5. The van der Waals surface area contributed by atoms with E-state index in [1.165, 1.54) is 0 Å². The molecular weight excluding hydrogens is 378 g/mol. The molecule has 2 aliphatic rings. The number of amides is 1. The maximum Gasteiger partial charge on any atom is 0.235 e. The van der Waals surface area contributed by atoms with E-state index in [-0.39, 0.29) is 12.7 Å². The number of anilines is 1. The number of para-hydroxylation sites is 1. The van der Waals surface area contributed by atoms with Crippen molar-refractivity contribution in [2.45, 2.75) is 25.2 Å². The summed E-state index contributed by atoms with van der Waals surface area (Å²) in [5.74, 6) is 2.26. The van der Waals surface area contributed by atoms with Crippen molar-refractivity contribution >= 4 is 11.6 Å². The first kappa shape index (κ1) is 18.6. The van der Waals surface area contributed by atoms with Crippen molar-refractivity contribution in [3.8, 4) is 28.4 Å². The summed E-state index contributed by atoms with van der Waals surface area (Å²) in [7, 11) is 1.67. The third kappa shape index (κ3) is 3.07. The highest BCUT2D eigenvalue weighted by atomic mass is 16.7. The van der Waals surface area contributed by atoms with E-state index in [0.29, 0.717) is 5.75 Å². The maximum atomic E-state index is 13.2. The molecule has 0 unspecified atom stereocenters. The number of methoxy groups -OCH3 is 1. The molecule has 1 N–H and O–H groups in total. The molecule has 1 aliphatic carbocycles. The van der Waals surface area contributed by atoms with Gasteiger partial charge >= 0.3 is 0 Å². The lowest BCUT2D eigenvalue weighted by atomic mass is 9.94. The molecular formula is C25H23NO4. The van der Waals surface area contributed by atoms with Crippen molar-refractivity contribution in [3.63, 3.8) is 0 Å². The molecule has 0 aromatic heterocycles. The molecule has 1 aliphatic heterocycles. The van der Waals surface area contributed by atoms with Crippen LogP contribution in [0, 0.1) is 6.92 Å². The first-order valence-corrected chi connectivity index (χ1v) is 10.1. The summed E-state index contributed by atoms with van der Waals surface area (Å²) >= 11 is 0. The molecule has 0 saturated heterocycles. The number of fused-ring (bicyclic) bond motifs is 1. The van der Waals surface area contributed by atoms with Crippen LogP contribution in [0.25, 0.3) is 11.1 Å². The number of benzene rings is 3. The monoisotopic (exact) mass is 401 g/mol. The Kier molecular flexibility index (Phi) is 4.39. The minimum Gasteiger partial charge on any atom is -0.496 e. The Balaban J connectivity index is 1.43. The van der Waals surface area contributed by atoms with Gasteiger partial charge in [-0.15, -0.1) is 0 Å². The van der Waals surface area contributed by atoms with Gasteiger partial charge in [0.25, 0.3) is 0 Å². The Morgan fingerprint density at radius 2 is 1.77 bits per heavy atom. The fourth-order valence-electron chi connectivity index (χ4n) is 4.07. The Morgan fingerprint density at radius 3 is 2.57 bits per heavy atom. The molecule has 1 saturated carbocycles. The zero-order valence-corrected chi connectivity index (χ0v) is 17.0. The number of hydrogen-bond acceptors (Lipinski definition) is 4. The molecule has 0 bridgehead atoms. The van der Waals surface area contributed by atoms with E-state index in [0.717, 1.165) is 52.3 Å². The molecule has 5 rings (SSSR count). The number of nitrogens with one attached hydrogen (secondary N) is 1. The van der Waals surface area contributed by atoms with E-state index in [1.807, 2.05) is 60.7 Å². The first-order chi connectivity index (χ1) is 14.6. The minimum atomic E-state index is -0.504. The van der Waals surface area contributed by atoms with Gasteiger partial charge in [-0.25, -0.2) is 0 Å². The van der Waals surface area contributed by atoms with Crippen LogP contribution in [0.3, 0.4) is 0 Å². The Labute approximate surface area is 175 Å². The molecule has 0 radical (unpaired) electrons. The Bertz CT molecular complexity index is 1130. The van der Waals surface area contributed by atoms with Gasteiger partial charge in [-0.1, -0.05) is 30.3 Å². The number of carbonyl (C=O) groups excluding carboxylic acids is 1. The average molecular weight is 401 g/mol. The van der Waals surface area contributed by atoms with Gasteiger partial charge in [0.05, 0.1) is 12.5 Å². The smallest absolute Gasteiger partial charge is 0.235 e. The molecule has 152 valence electrons. The highest BCUT2D eigenvalue weighted by Crippen LogP contribution is 2.51. The molecule has 3 aromatic rings. The van der Waals surface area contributed by atoms with Crippen molar-refractivity contribution in [3.05, 3.63) is 71.8 Å². The highest BCUT2D eigenvalue weighted by Gasteiger charge is 2.51. The minimum absolute atomic E-state index is 0.0104. The largest absolute Gasteiger partial charge is 0.496 e. The molecule has 1 heterocycles. The van der Waals surface area contributed by atoms with Crippen LogP contribution < -0.4 is 19.5 Å². The van der Waals surface area contributed by atoms with Crippen LogP contribution in [-0.2, 0) is 10.2 Å².